The highest BCUT2D eigenvalue weighted by Crippen LogP contribution is 2.27. The van der Waals surface area contributed by atoms with Crippen LogP contribution >= 0.6 is 11.6 Å². The topological polar surface area (TPSA) is 73.6 Å². The molecule has 0 aliphatic heterocycles. The minimum absolute atomic E-state index is 0.0434. The second kappa shape index (κ2) is 9.28. The van der Waals surface area contributed by atoms with Gasteiger partial charge >= 0.3 is 5.56 Å². The maximum atomic E-state index is 13.0. The third-order valence-electron chi connectivity index (χ3n) is 4.13. The quantitative estimate of drug-likeness (QED) is 0.586. The molecule has 1 heterocycles. The lowest BCUT2D eigenvalue weighted by Gasteiger charge is -2.18. The third-order valence-corrected chi connectivity index (χ3v) is 4.42. The predicted octanol–water partition coefficient (Wildman–Crippen LogP) is 3.80. The van der Waals surface area contributed by atoms with Gasteiger partial charge in [0.05, 0.1) is 22.9 Å². The summed E-state index contributed by atoms with van der Waals surface area (Å²) in [5.74, 6) is 0.0564. The van der Waals surface area contributed by atoms with Crippen LogP contribution < -0.4 is 15.0 Å². The van der Waals surface area contributed by atoms with Crippen molar-refractivity contribution in [2.24, 2.45) is 0 Å². The Morgan fingerprint density at radius 1 is 1.17 bits per heavy atom. The van der Waals surface area contributed by atoms with Crippen molar-refractivity contribution in [2.75, 3.05) is 13.2 Å². The van der Waals surface area contributed by atoms with Crippen LogP contribution in [0.1, 0.15) is 19.4 Å². The molecule has 0 saturated carbocycles. The molecule has 0 fully saturated rings. The molecular formula is C22H22ClFN2O4. The van der Waals surface area contributed by atoms with Gasteiger partial charge in [-0.2, -0.15) is 0 Å². The summed E-state index contributed by atoms with van der Waals surface area (Å²) in [6.07, 6.45) is 3.48. The molecule has 6 nitrogen and oxygen atoms in total. The van der Waals surface area contributed by atoms with E-state index < -0.39 is 11.2 Å². The number of halogens is 2. The van der Waals surface area contributed by atoms with Crippen molar-refractivity contribution in [3.05, 3.63) is 81.6 Å². The molecule has 1 N–H and O–H groups in total. The highest BCUT2D eigenvalue weighted by Gasteiger charge is 2.15. The van der Waals surface area contributed by atoms with Crippen LogP contribution in [0.5, 0.6) is 11.6 Å². The van der Waals surface area contributed by atoms with Crippen molar-refractivity contribution in [2.45, 2.75) is 25.9 Å². The molecule has 0 bridgehead atoms. The lowest BCUT2D eigenvalue weighted by atomic mass is 10.2. The van der Waals surface area contributed by atoms with Crippen molar-refractivity contribution in [3.63, 3.8) is 0 Å². The molecule has 0 aliphatic rings. The molecule has 0 spiro atoms. The van der Waals surface area contributed by atoms with Gasteiger partial charge in [-0.1, -0.05) is 23.7 Å². The van der Waals surface area contributed by atoms with Crippen molar-refractivity contribution in [1.29, 1.82) is 0 Å². The maximum Gasteiger partial charge on any atom is 0.317 e. The SMILES string of the molecule is CC(C)(O)COc1ccc(-n2ccnc(OCCc3ccc(F)cc3)c2=O)cc1Cl. The van der Waals surface area contributed by atoms with Crippen molar-refractivity contribution in [1.82, 2.24) is 9.55 Å². The van der Waals surface area contributed by atoms with Gasteiger partial charge in [-0.05, 0) is 49.7 Å². The number of hydrogen-bond donors (Lipinski definition) is 1. The van der Waals surface area contributed by atoms with Gasteiger partial charge in [-0.15, -0.1) is 0 Å². The lowest BCUT2D eigenvalue weighted by molar-refractivity contribution is 0.0285. The van der Waals surface area contributed by atoms with Gasteiger partial charge in [0.15, 0.2) is 0 Å². The van der Waals surface area contributed by atoms with E-state index >= 15 is 0 Å². The summed E-state index contributed by atoms with van der Waals surface area (Å²) in [6, 6.07) is 11.0. The molecule has 30 heavy (non-hydrogen) atoms. The maximum absolute atomic E-state index is 13.0. The van der Waals surface area contributed by atoms with E-state index in [2.05, 4.69) is 4.98 Å². The smallest absolute Gasteiger partial charge is 0.317 e. The van der Waals surface area contributed by atoms with Crippen LogP contribution in [0, 0.1) is 5.82 Å². The van der Waals surface area contributed by atoms with Gasteiger partial charge < -0.3 is 14.6 Å². The Hall–Kier alpha value is -2.90. The third kappa shape index (κ3) is 5.81. The number of aliphatic hydroxyl groups is 1. The Bertz CT molecular complexity index is 1060. The van der Waals surface area contributed by atoms with E-state index in [-0.39, 0.29) is 24.9 Å². The molecule has 0 unspecified atom stereocenters. The summed E-state index contributed by atoms with van der Waals surface area (Å²) in [6.45, 7) is 3.56. The first-order valence-electron chi connectivity index (χ1n) is 9.33. The zero-order chi connectivity index (χ0) is 21.7. The summed E-state index contributed by atoms with van der Waals surface area (Å²) in [7, 11) is 0. The number of nitrogens with zero attached hydrogens (tertiary/aromatic N) is 2. The fourth-order valence-corrected chi connectivity index (χ4v) is 2.85. The number of benzene rings is 2. The Morgan fingerprint density at radius 3 is 2.57 bits per heavy atom. The molecule has 0 radical (unpaired) electrons. The standard InChI is InChI=1S/C22H22ClFN2O4/c1-22(2,28)14-30-19-8-7-17(13-18(19)23)26-11-10-25-20(21(26)27)29-12-9-15-3-5-16(24)6-4-15/h3-8,10-11,13,28H,9,12,14H2,1-2H3. The highest BCUT2D eigenvalue weighted by molar-refractivity contribution is 6.32. The van der Waals surface area contributed by atoms with E-state index in [9.17, 15) is 14.3 Å². The number of hydrogen-bond acceptors (Lipinski definition) is 5. The van der Waals surface area contributed by atoms with Gasteiger partial charge in [-0.3, -0.25) is 9.36 Å². The average Bonchev–Trinajstić information content (AvgIpc) is 2.69. The van der Waals surface area contributed by atoms with Crippen LogP contribution in [0.15, 0.2) is 59.7 Å². The molecule has 3 rings (SSSR count). The summed E-state index contributed by atoms with van der Waals surface area (Å²) < 4.78 is 25.4. The summed E-state index contributed by atoms with van der Waals surface area (Å²) in [5, 5.41) is 10.1. The largest absolute Gasteiger partial charge is 0.489 e. The van der Waals surface area contributed by atoms with Crippen LogP contribution in [0.25, 0.3) is 5.69 Å². The molecular weight excluding hydrogens is 411 g/mol. The zero-order valence-corrected chi connectivity index (χ0v) is 17.4. The van der Waals surface area contributed by atoms with E-state index in [4.69, 9.17) is 21.1 Å². The van der Waals surface area contributed by atoms with E-state index in [1.165, 1.54) is 29.1 Å². The molecule has 2 aromatic carbocycles. The van der Waals surface area contributed by atoms with E-state index in [0.717, 1.165) is 5.56 Å². The van der Waals surface area contributed by atoms with E-state index in [1.54, 1.807) is 44.2 Å². The minimum atomic E-state index is -0.996. The van der Waals surface area contributed by atoms with Crippen LogP contribution in [0.2, 0.25) is 5.02 Å². The van der Waals surface area contributed by atoms with Crippen LogP contribution in [0.3, 0.4) is 0 Å². The fraction of sp³-hybridized carbons (Fsp3) is 0.273. The zero-order valence-electron chi connectivity index (χ0n) is 16.6. The predicted molar refractivity (Wildman–Crippen MR) is 112 cm³/mol. The Kier molecular flexibility index (Phi) is 6.74. The molecule has 3 aromatic rings. The number of ether oxygens (including phenoxy) is 2. The summed E-state index contributed by atoms with van der Waals surface area (Å²) in [5.41, 5.74) is -0.0187. The Balaban J connectivity index is 1.71. The average molecular weight is 433 g/mol. The fourth-order valence-electron chi connectivity index (χ4n) is 2.62. The van der Waals surface area contributed by atoms with Crippen molar-refractivity contribution < 1.29 is 19.0 Å². The number of rotatable bonds is 8. The Morgan fingerprint density at radius 2 is 1.90 bits per heavy atom. The molecule has 0 amide bonds. The summed E-state index contributed by atoms with van der Waals surface area (Å²) in [4.78, 5) is 16.7. The van der Waals surface area contributed by atoms with Gasteiger partial charge in [0.25, 0.3) is 5.88 Å². The normalized spacial score (nSPS) is 11.4. The van der Waals surface area contributed by atoms with E-state index in [0.29, 0.717) is 22.9 Å². The monoisotopic (exact) mass is 432 g/mol. The lowest BCUT2D eigenvalue weighted by Crippen LogP contribution is -2.28. The van der Waals surface area contributed by atoms with Gasteiger partial charge in [0, 0.05) is 18.8 Å². The molecule has 0 saturated heterocycles. The van der Waals surface area contributed by atoms with Crippen molar-refractivity contribution in [3.8, 4) is 17.3 Å². The molecule has 0 atom stereocenters. The summed E-state index contributed by atoms with van der Waals surface area (Å²) >= 11 is 6.27. The minimum Gasteiger partial charge on any atom is -0.489 e. The highest BCUT2D eigenvalue weighted by atomic mass is 35.5. The Labute approximate surface area is 178 Å². The molecule has 0 aliphatic carbocycles. The first kappa shape index (κ1) is 21.8. The first-order valence-corrected chi connectivity index (χ1v) is 9.71. The molecule has 8 heteroatoms. The van der Waals surface area contributed by atoms with Gasteiger partial charge in [0.2, 0.25) is 0 Å². The molecule has 158 valence electrons. The van der Waals surface area contributed by atoms with Crippen LogP contribution in [0.4, 0.5) is 4.39 Å². The second-order valence-electron chi connectivity index (χ2n) is 7.35. The van der Waals surface area contributed by atoms with Gasteiger partial charge in [-0.25, -0.2) is 9.37 Å². The molecule has 1 aromatic heterocycles. The number of aromatic nitrogens is 2. The van der Waals surface area contributed by atoms with E-state index in [1.807, 2.05) is 0 Å². The van der Waals surface area contributed by atoms with Gasteiger partial charge in [0.1, 0.15) is 18.2 Å². The van der Waals surface area contributed by atoms with Crippen LogP contribution in [-0.2, 0) is 6.42 Å². The van der Waals surface area contributed by atoms with Crippen molar-refractivity contribution >= 4 is 11.6 Å². The second-order valence-corrected chi connectivity index (χ2v) is 7.76. The first-order chi connectivity index (χ1) is 14.2. The van der Waals surface area contributed by atoms with Crippen LogP contribution in [-0.4, -0.2) is 33.5 Å².